The van der Waals surface area contributed by atoms with Crippen molar-refractivity contribution in [3.63, 3.8) is 0 Å². The van der Waals surface area contributed by atoms with Crippen molar-refractivity contribution in [3.8, 4) is 11.5 Å². The number of carboxylic acids is 1. The van der Waals surface area contributed by atoms with Crippen molar-refractivity contribution >= 4 is 27.8 Å². The minimum absolute atomic E-state index is 0.277. The van der Waals surface area contributed by atoms with Gasteiger partial charge < -0.3 is 19.9 Å². The van der Waals surface area contributed by atoms with E-state index in [1.165, 1.54) is 26.4 Å². The van der Waals surface area contributed by atoms with E-state index in [4.69, 9.17) is 14.6 Å². The molecule has 122 valence electrons. The summed E-state index contributed by atoms with van der Waals surface area (Å²) in [6.07, 6.45) is 1.98. The van der Waals surface area contributed by atoms with Crippen LogP contribution in [0.25, 0.3) is 0 Å². The third-order valence-electron chi connectivity index (χ3n) is 3.16. The van der Waals surface area contributed by atoms with Gasteiger partial charge in [-0.1, -0.05) is 19.8 Å². The van der Waals surface area contributed by atoms with Gasteiger partial charge in [0.25, 0.3) is 5.91 Å². The molecule has 2 N–H and O–H groups in total. The Kier molecular flexibility index (Phi) is 7.17. The lowest BCUT2D eigenvalue weighted by molar-refractivity contribution is -0.139. The number of benzene rings is 1. The molecule has 0 spiro atoms. The van der Waals surface area contributed by atoms with Crippen LogP contribution in [0.15, 0.2) is 16.6 Å². The van der Waals surface area contributed by atoms with Crippen molar-refractivity contribution in [2.24, 2.45) is 0 Å². The number of halogens is 1. The Morgan fingerprint density at radius 3 is 2.23 bits per heavy atom. The summed E-state index contributed by atoms with van der Waals surface area (Å²) >= 11 is 3.32. The van der Waals surface area contributed by atoms with E-state index in [1.807, 2.05) is 6.92 Å². The molecule has 22 heavy (non-hydrogen) atoms. The molecular weight excluding hydrogens is 354 g/mol. The van der Waals surface area contributed by atoms with Crippen LogP contribution in [0.3, 0.4) is 0 Å². The van der Waals surface area contributed by atoms with E-state index in [0.29, 0.717) is 22.4 Å². The first-order valence-corrected chi connectivity index (χ1v) is 7.69. The van der Waals surface area contributed by atoms with Gasteiger partial charge in [-0.25, -0.2) is 4.79 Å². The second-order valence-electron chi connectivity index (χ2n) is 4.70. The highest BCUT2D eigenvalue weighted by molar-refractivity contribution is 9.10. The lowest BCUT2D eigenvalue weighted by Gasteiger charge is -2.16. The van der Waals surface area contributed by atoms with Gasteiger partial charge in [0, 0.05) is 5.56 Å². The number of hydrogen-bond donors (Lipinski definition) is 2. The number of hydrogen-bond acceptors (Lipinski definition) is 4. The molecule has 0 unspecified atom stereocenters. The summed E-state index contributed by atoms with van der Waals surface area (Å²) in [5.41, 5.74) is 0.277. The standard InChI is InChI=1S/C15H20BrNO5/c1-4-5-6-10(15(19)20)17-14(18)9-7-11(21-2)13(16)12(8-9)22-3/h7-8,10H,4-6H2,1-3H3,(H,17,18)(H,19,20)/t10-/m0/s1. The molecule has 1 rings (SSSR count). The van der Waals surface area contributed by atoms with Gasteiger partial charge in [-0.15, -0.1) is 0 Å². The maximum atomic E-state index is 12.3. The highest BCUT2D eigenvalue weighted by Gasteiger charge is 2.21. The molecule has 0 fully saturated rings. The summed E-state index contributed by atoms with van der Waals surface area (Å²) in [4.78, 5) is 23.5. The molecule has 0 saturated heterocycles. The number of ether oxygens (including phenoxy) is 2. The van der Waals surface area contributed by atoms with Crippen molar-refractivity contribution in [2.75, 3.05) is 14.2 Å². The highest BCUT2D eigenvalue weighted by atomic mass is 79.9. The Bertz CT molecular complexity index is 522. The van der Waals surface area contributed by atoms with Crippen molar-refractivity contribution in [3.05, 3.63) is 22.2 Å². The van der Waals surface area contributed by atoms with Crippen molar-refractivity contribution < 1.29 is 24.2 Å². The van der Waals surface area contributed by atoms with E-state index in [0.717, 1.165) is 12.8 Å². The third-order valence-corrected chi connectivity index (χ3v) is 3.94. The number of rotatable bonds is 8. The van der Waals surface area contributed by atoms with Crippen molar-refractivity contribution in [2.45, 2.75) is 32.2 Å². The minimum Gasteiger partial charge on any atom is -0.495 e. The molecule has 0 aliphatic heterocycles. The number of nitrogens with one attached hydrogen (secondary N) is 1. The van der Waals surface area contributed by atoms with Crippen molar-refractivity contribution in [1.29, 1.82) is 0 Å². The molecule has 1 amide bonds. The van der Waals surface area contributed by atoms with Gasteiger partial charge in [-0.3, -0.25) is 4.79 Å². The minimum atomic E-state index is -1.04. The normalized spacial score (nSPS) is 11.6. The number of carbonyl (C=O) groups excluding carboxylic acids is 1. The quantitative estimate of drug-likeness (QED) is 0.731. The van der Waals surface area contributed by atoms with Crippen LogP contribution in [0.2, 0.25) is 0 Å². The van der Waals surface area contributed by atoms with Gasteiger partial charge in [0.15, 0.2) is 0 Å². The summed E-state index contributed by atoms with van der Waals surface area (Å²) < 4.78 is 10.9. The maximum absolute atomic E-state index is 12.3. The number of unbranched alkanes of at least 4 members (excludes halogenated alkanes) is 1. The van der Waals surface area contributed by atoms with Gasteiger partial charge in [0.2, 0.25) is 0 Å². The van der Waals surface area contributed by atoms with Gasteiger partial charge in [-0.05, 0) is 34.5 Å². The average molecular weight is 374 g/mol. The fraction of sp³-hybridized carbons (Fsp3) is 0.467. The topological polar surface area (TPSA) is 84.9 Å². The fourth-order valence-electron chi connectivity index (χ4n) is 1.91. The molecule has 0 aliphatic rings. The highest BCUT2D eigenvalue weighted by Crippen LogP contribution is 2.35. The number of amides is 1. The number of carbonyl (C=O) groups is 2. The largest absolute Gasteiger partial charge is 0.495 e. The van der Waals surface area contributed by atoms with Gasteiger partial charge in [0.1, 0.15) is 22.0 Å². The zero-order chi connectivity index (χ0) is 16.7. The summed E-state index contributed by atoms with van der Waals surface area (Å²) in [6.45, 7) is 1.96. The molecule has 0 aromatic heterocycles. The summed E-state index contributed by atoms with van der Waals surface area (Å²) in [7, 11) is 2.95. The van der Waals surface area contributed by atoms with E-state index >= 15 is 0 Å². The van der Waals surface area contributed by atoms with Crippen LogP contribution in [-0.4, -0.2) is 37.2 Å². The van der Waals surface area contributed by atoms with E-state index in [1.54, 1.807) is 0 Å². The maximum Gasteiger partial charge on any atom is 0.326 e. The summed E-state index contributed by atoms with van der Waals surface area (Å²) in [6, 6.07) is 2.15. The lowest BCUT2D eigenvalue weighted by Crippen LogP contribution is -2.40. The fourth-order valence-corrected chi connectivity index (χ4v) is 2.46. The molecular formula is C15H20BrNO5. The van der Waals surface area contributed by atoms with Crippen LogP contribution >= 0.6 is 15.9 Å². The van der Waals surface area contributed by atoms with Crippen LogP contribution < -0.4 is 14.8 Å². The van der Waals surface area contributed by atoms with E-state index in [2.05, 4.69) is 21.2 Å². The van der Waals surface area contributed by atoms with Crippen LogP contribution in [0.1, 0.15) is 36.5 Å². The molecule has 1 atom stereocenters. The van der Waals surface area contributed by atoms with Gasteiger partial charge in [-0.2, -0.15) is 0 Å². The van der Waals surface area contributed by atoms with Crippen LogP contribution in [0.4, 0.5) is 0 Å². The molecule has 1 aromatic rings. The number of methoxy groups -OCH3 is 2. The van der Waals surface area contributed by atoms with E-state index in [-0.39, 0.29) is 5.56 Å². The Balaban J connectivity index is 2.99. The molecule has 6 nitrogen and oxygen atoms in total. The lowest BCUT2D eigenvalue weighted by atomic mass is 10.1. The molecule has 0 saturated carbocycles. The number of carboxylic acid groups (broad SMARTS) is 1. The zero-order valence-electron chi connectivity index (χ0n) is 12.8. The Labute approximate surface area is 137 Å². The monoisotopic (exact) mass is 373 g/mol. The Morgan fingerprint density at radius 1 is 1.27 bits per heavy atom. The van der Waals surface area contributed by atoms with Gasteiger partial charge in [0.05, 0.1) is 14.2 Å². The second-order valence-corrected chi connectivity index (χ2v) is 5.49. The van der Waals surface area contributed by atoms with Crippen molar-refractivity contribution in [1.82, 2.24) is 5.32 Å². The first-order chi connectivity index (χ1) is 10.4. The van der Waals surface area contributed by atoms with Crippen LogP contribution in [0, 0.1) is 0 Å². The molecule has 1 aromatic carbocycles. The zero-order valence-corrected chi connectivity index (χ0v) is 14.4. The molecule has 0 bridgehead atoms. The van der Waals surface area contributed by atoms with Crippen LogP contribution in [-0.2, 0) is 4.79 Å². The first-order valence-electron chi connectivity index (χ1n) is 6.89. The van der Waals surface area contributed by atoms with Crippen LogP contribution in [0.5, 0.6) is 11.5 Å². The molecule has 0 heterocycles. The Hall–Kier alpha value is -1.76. The SMILES string of the molecule is CCCC[C@H](NC(=O)c1cc(OC)c(Br)c(OC)c1)C(=O)O. The smallest absolute Gasteiger partial charge is 0.326 e. The predicted molar refractivity (Wildman–Crippen MR) is 85.7 cm³/mol. The second kappa shape index (κ2) is 8.63. The molecule has 7 heteroatoms. The Morgan fingerprint density at radius 2 is 1.82 bits per heavy atom. The summed E-state index contributed by atoms with van der Waals surface area (Å²) in [5, 5.41) is 11.7. The molecule has 0 radical (unpaired) electrons. The average Bonchev–Trinajstić information content (AvgIpc) is 2.50. The number of aliphatic carboxylic acids is 1. The van der Waals surface area contributed by atoms with E-state index in [9.17, 15) is 9.59 Å². The summed E-state index contributed by atoms with van der Waals surface area (Å²) in [5.74, 6) is -0.652. The van der Waals surface area contributed by atoms with E-state index < -0.39 is 17.9 Å². The first kappa shape index (κ1) is 18.3. The van der Waals surface area contributed by atoms with Gasteiger partial charge >= 0.3 is 5.97 Å². The molecule has 0 aliphatic carbocycles. The predicted octanol–water partition coefficient (Wildman–Crippen LogP) is 2.84. The third kappa shape index (κ3) is 4.62.